The van der Waals surface area contributed by atoms with Crippen molar-refractivity contribution in [2.45, 2.75) is 108 Å². The largest absolute Gasteiger partial charge is 0.490 e. The maximum absolute atomic E-state index is 14.4. The summed E-state index contributed by atoms with van der Waals surface area (Å²) in [6.45, 7) is 7.99. The number of urea groups is 1. The Labute approximate surface area is 286 Å². The van der Waals surface area contributed by atoms with Gasteiger partial charge in [0, 0.05) is 44.4 Å². The zero-order valence-electron chi connectivity index (χ0n) is 29.1. The van der Waals surface area contributed by atoms with E-state index < -0.39 is 22.2 Å². The van der Waals surface area contributed by atoms with Crippen molar-refractivity contribution in [3.05, 3.63) is 53.6 Å². The molecule has 0 bridgehead atoms. The first-order chi connectivity index (χ1) is 22.9. The van der Waals surface area contributed by atoms with E-state index in [0.717, 1.165) is 50.5 Å². The fourth-order valence-electron chi connectivity index (χ4n) is 6.30. The monoisotopic (exact) mass is 686 g/mol. The normalized spacial score (nSPS) is 22.7. The number of carbonyl (C=O) groups is 2. The number of nitrogens with one attached hydrogen (secondary N) is 2. The molecular formula is C36H54N4O7S. The SMILES string of the molecule is Cc1ccc(S(=O)(=O)N(C)C[C@H]2OCCCC[C@H](C)Oc3ccc(NC(=O)NC4CCCCC4)cc3C(=O)N([C@@H](C)CO)C[C@H]2C)cc1. The Morgan fingerprint density at radius 1 is 1.04 bits per heavy atom. The maximum Gasteiger partial charge on any atom is 0.319 e. The highest BCUT2D eigenvalue weighted by Gasteiger charge is 2.32. The molecule has 1 aliphatic carbocycles. The molecule has 2 aliphatic rings. The predicted molar refractivity (Wildman–Crippen MR) is 187 cm³/mol. The number of nitrogens with zero attached hydrogens (tertiary/aromatic N) is 2. The molecule has 1 heterocycles. The van der Waals surface area contributed by atoms with E-state index in [1.807, 2.05) is 20.8 Å². The highest BCUT2D eigenvalue weighted by atomic mass is 32.2. The van der Waals surface area contributed by atoms with Gasteiger partial charge in [-0.25, -0.2) is 13.2 Å². The molecule has 2 aromatic carbocycles. The van der Waals surface area contributed by atoms with Crippen LogP contribution in [-0.4, -0.2) is 92.3 Å². The van der Waals surface area contributed by atoms with Gasteiger partial charge < -0.3 is 30.1 Å². The van der Waals surface area contributed by atoms with Gasteiger partial charge >= 0.3 is 6.03 Å². The third-order valence-electron chi connectivity index (χ3n) is 9.42. The average molecular weight is 687 g/mol. The number of amides is 3. The van der Waals surface area contributed by atoms with Crippen LogP contribution in [0.25, 0.3) is 0 Å². The molecule has 1 saturated carbocycles. The van der Waals surface area contributed by atoms with Gasteiger partial charge in [0.1, 0.15) is 5.75 Å². The van der Waals surface area contributed by atoms with E-state index in [9.17, 15) is 23.1 Å². The third kappa shape index (κ3) is 10.2. The van der Waals surface area contributed by atoms with Crippen LogP contribution in [0.5, 0.6) is 5.75 Å². The lowest BCUT2D eigenvalue weighted by atomic mass is 9.96. The van der Waals surface area contributed by atoms with Crippen LogP contribution in [0.3, 0.4) is 0 Å². The highest BCUT2D eigenvalue weighted by Crippen LogP contribution is 2.29. The van der Waals surface area contributed by atoms with Crippen LogP contribution >= 0.6 is 0 Å². The fraction of sp³-hybridized carbons (Fsp3) is 0.611. The second-order valence-corrected chi connectivity index (χ2v) is 15.6. The number of hydrogen-bond donors (Lipinski definition) is 3. The van der Waals surface area contributed by atoms with Crippen LogP contribution in [0.1, 0.15) is 88.1 Å². The first-order valence-electron chi connectivity index (χ1n) is 17.3. The van der Waals surface area contributed by atoms with Gasteiger partial charge in [0.05, 0.1) is 35.3 Å². The lowest BCUT2D eigenvalue weighted by Crippen LogP contribution is -2.48. The summed E-state index contributed by atoms with van der Waals surface area (Å²) in [6.07, 6.45) is 6.85. The topological polar surface area (TPSA) is 138 Å². The molecule has 1 fully saturated rings. The van der Waals surface area contributed by atoms with Gasteiger partial charge in [-0.1, -0.05) is 43.9 Å². The number of sulfonamides is 1. The Bertz CT molecular complexity index is 1460. The van der Waals surface area contributed by atoms with Gasteiger partial charge in [-0.2, -0.15) is 4.31 Å². The third-order valence-corrected chi connectivity index (χ3v) is 11.3. The quantitative estimate of drug-likeness (QED) is 0.331. The Balaban J connectivity index is 1.60. The first-order valence-corrected chi connectivity index (χ1v) is 18.8. The predicted octanol–water partition coefficient (Wildman–Crippen LogP) is 5.57. The summed E-state index contributed by atoms with van der Waals surface area (Å²) in [5, 5.41) is 16.2. The van der Waals surface area contributed by atoms with Gasteiger partial charge in [-0.15, -0.1) is 0 Å². The lowest BCUT2D eigenvalue weighted by Gasteiger charge is -2.35. The maximum atomic E-state index is 14.4. The number of aryl methyl sites for hydroxylation is 1. The van der Waals surface area contributed by atoms with Crippen molar-refractivity contribution in [2.75, 3.05) is 38.7 Å². The molecule has 0 saturated heterocycles. The molecule has 3 N–H and O–H groups in total. The second-order valence-electron chi connectivity index (χ2n) is 13.5. The van der Waals surface area contributed by atoms with E-state index in [1.54, 1.807) is 61.3 Å². The number of benzene rings is 2. The molecule has 266 valence electrons. The average Bonchev–Trinajstić information content (AvgIpc) is 3.06. The van der Waals surface area contributed by atoms with Gasteiger partial charge in [0.15, 0.2) is 0 Å². The number of aliphatic hydroxyl groups is 1. The number of rotatable bonds is 8. The van der Waals surface area contributed by atoms with Crippen molar-refractivity contribution < 1.29 is 32.6 Å². The zero-order chi connectivity index (χ0) is 34.8. The van der Waals surface area contributed by atoms with Crippen LogP contribution in [0, 0.1) is 12.8 Å². The molecule has 11 nitrogen and oxygen atoms in total. The molecule has 4 rings (SSSR count). The van der Waals surface area contributed by atoms with E-state index in [2.05, 4.69) is 10.6 Å². The molecule has 48 heavy (non-hydrogen) atoms. The molecule has 2 aromatic rings. The van der Waals surface area contributed by atoms with Gasteiger partial charge in [-0.05, 0) is 83.2 Å². The number of aliphatic hydroxyl groups excluding tert-OH is 1. The molecule has 12 heteroatoms. The molecule has 0 radical (unpaired) electrons. The van der Waals surface area contributed by atoms with Crippen LogP contribution in [0.4, 0.5) is 10.5 Å². The number of ether oxygens (including phenoxy) is 2. The minimum atomic E-state index is -3.78. The molecule has 0 aromatic heterocycles. The minimum Gasteiger partial charge on any atom is -0.490 e. The summed E-state index contributed by atoms with van der Waals surface area (Å²) in [7, 11) is -2.23. The highest BCUT2D eigenvalue weighted by molar-refractivity contribution is 7.89. The summed E-state index contributed by atoms with van der Waals surface area (Å²) in [5.41, 5.74) is 1.70. The van der Waals surface area contributed by atoms with Crippen molar-refractivity contribution in [3.63, 3.8) is 0 Å². The lowest BCUT2D eigenvalue weighted by molar-refractivity contribution is -0.00833. The Kier molecular flexibility index (Phi) is 13.7. The summed E-state index contributed by atoms with van der Waals surface area (Å²) in [6, 6.07) is 11.1. The van der Waals surface area contributed by atoms with E-state index in [0.29, 0.717) is 18.0 Å². The van der Waals surface area contributed by atoms with Gasteiger partial charge in [-0.3, -0.25) is 4.79 Å². The number of likely N-dealkylation sites (N-methyl/N-ethyl adjacent to an activating group) is 1. The van der Waals surface area contributed by atoms with Crippen LogP contribution in [0.15, 0.2) is 47.4 Å². The first kappa shape index (κ1) is 37.6. The van der Waals surface area contributed by atoms with E-state index in [4.69, 9.17) is 9.47 Å². The Morgan fingerprint density at radius 3 is 2.42 bits per heavy atom. The van der Waals surface area contributed by atoms with Crippen molar-refractivity contribution in [2.24, 2.45) is 5.92 Å². The summed E-state index contributed by atoms with van der Waals surface area (Å²) < 4.78 is 40.9. The second kappa shape index (κ2) is 17.5. The molecule has 1 aliphatic heterocycles. The smallest absolute Gasteiger partial charge is 0.319 e. The summed E-state index contributed by atoms with van der Waals surface area (Å²) in [4.78, 5) is 29.0. The van der Waals surface area contributed by atoms with E-state index in [-0.39, 0.29) is 60.2 Å². The summed E-state index contributed by atoms with van der Waals surface area (Å²) >= 11 is 0. The standard InChI is InChI=1S/C36H54N4O7S/c1-25-14-17-31(18-15-25)48(44,45)39(5)23-34-26(2)22-40(27(3)24-41)35(42)32-21-30(38-36(43)37-29-12-7-6-8-13-29)16-19-33(32)47-28(4)11-9-10-20-46-34/h14-19,21,26-29,34,41H,6-13,20,22-24H2,1-5H3,(H2,37,38,43)/t26-,27+,28+,34-/m1/s1. The molecular weight excluding hydrogens is 632 g/mol. The molecule has 0 spiro atoms. The Hall–Kier alpha value is -3.19. The zero-order valence-corrected chi connectivity index (χ0v) is 29.9. The number of hydrogen-bond acceptors (Lipinski definition) is 7. The van der Waals surface area contributed by atoms with Crippen LogP contribution in [-0.2, 0) is 14.8 Å². The van der Waals surface area contributed by atoms with Gasteiger partial charge in [0.2, 0.25) is 10.0 Å². The minimum absolute atomic E-state index is 0.0905. The number of carbonyl (C=O) groups excluding carboxylic acids is 2. The van der Waals surface area contributed by atoms with Crippen molar-refractivity contribution in [1.82, 2.24) is 14.5 Å². The van der Waals surface area contributed by atoms with E-state index in [1.165, 1.54) is 10.7 Å². The number of fused-ring (bicyclic) bond motifs is 1. The van der Waals surface area contributed by atoms with Crippen molar-refractivity contribution in [3.8, 4) is 5.75 Å². The van der Waals surface area contributed by atoms with Crippen molar-refractivity contribution in [1.29, 1.82) is 0 Å². The van der Waals surface area contributed by atoms with Crippen molar-refractivity contribution >= 4 is 27.6 Å². The Morgan fingerprint density at radius 2 is 1.73 bits per heavy atom. The molecule has 3 amide bonds. The number of anilines is 1. The summed E-state index contributed by atoms with van der Waals surface area (Å²) in [5.74, 6) is -0.256. The molecule has 4 atom stereocenters. The molecule has 0 unspecified atom stereocenters. The van der Waals surface area contributed by atoms with Gasteiger partial charge in [0.25, 0.3) is 5.91 Å². The van der Waals surface area contributed by atoms with Crippen LogP contribution < -0.4 is 15.4 Å². The van der Waals surface area contributed by atoms with Crippen LogP contribution in [0.2, 0.25) is 0 Å². The van der Waals surface area contributed by atoms with E-state index >= 15 is 0 Å². The fourth-order valence-corrected chi connectivity index (χ4v) is 7.49.